The summed E-state index contributed by atoms with van der Waals surface area (Å²) in [6.07, 6.45) is 0. The highest BCUT2D eigenvalue weighted by atomic mass is 16.5. The Kier molecular flexibility index (Phi) is 8.41. The van der Waals surface area contributed by atoms with Crippen LogP contribution >= 0.6 is 0 Å². The van der Waals surface area contributed by atoms with Crippen LogP contribution in [0.2, 0.25) is 0 Å². The Labute approximate surface area is 211 Å². The number of nitrogens with zero attached hydrogens (tertiary/aromatic N) is 1. The molecule has 0 aliphatic carbocycles. The first kappa shape index (κ1) is 25.1. The predicted molar refractivity (Wildman–Crippen MR) is 143 cm³/mol. The molecule has 1 atom stereocenters. The maximum atomic E-state index is 13.0. The molecule has 1 heterocycles. The zero-order chi connectivity index (χ0) is 25.3. The first-order valence-electron chi connectivity index (χ1n) is 12.2. The normalized spacial score (nSPS) is 14.0. The van der Waals surface area contributed by atoms with Gasteiger partial charge in [-0.1, -0.05) is 12.1 Å². The molecule has 0 spiro atoms. The summed E-state index contributed by atoms with van der Waals surface area (Å²) in [5, 5.41) is 9.01. The first-order valence-corrected chi connectivity index (χ1v) is 12.2. The largest absolute Gasteiger partial charge is 0.494 e. The van der Waals surface area contributed by atoms with Gasteiger partial charge >= 0.3 is 0 Å². The minimum Gasteiger partial charge on any atom is -0.494 e. The van der Waals surface area contributed by atoms with Gasteiger partial charge in [0.2, 0.25) is 5.91 Å². The summed E-state index contributed by atoms with van der Waals surface area (Å²) in [5.41, 5.74) is 3.50. The van der Waals surface area contributed by atoms with Crippen LogP contribution in [0.5, 0.6) is 5.75 Å². The van der Waals surface area contributed by atoms with Gasteiger partial charge in [0.05, 0.1) is 25.4 Å². The van der Waals surface area contributed by atoms with Gasteiger partial charge in [-0.15, -0.1) is 0 Å². The van der Waals surface area contributed by atoms with Crippen molar-refractivity contribution in [1.29, 1.82) is 0 Å². The molecule has 3 N–H and O–H groups in total. The Bertz CT molecular complexity index is 1160. The third kappa shape index (κ3) is 6.55. The average molecular weight is 489 g/mol. The van der Waals surface area contributed by atoms with Crippen LogP contribution in [0.3, 0.4) is 0 Å². The Hall–Kier alpha value is -4.04. The van der Waals surface area contributed by atoms with Crippen LogP contribution in [-0.2, 0) is 9.53 Å². The molecule has 2 amide bonds. The van der Waals surface area contributed by atoms with E-state index in [2.05, 4.69) is 20.9 Å². The molecule has 0 aromatic heterocycles. The van der Waals surface area contributed by atoms with Gasteiger partial charge in [0.15, 0.2) is 0 Å². The van der Waals surface area contributed by atoms with Crippen molar-refractivity contribution in [3.05, 3.63) is 78.4 Å². The van der Waals surface area contributed by atoms with Crippen molar-refractivity contribution >= 4 is 34.6 Å². The Morgan fingerprint density at radius 2 is 1.56 bits per heavy atom. The minimum atomic E-state index is -0.566. The molecule has 0 radical (unpaired) electrons. The van der Waals surface area contributed by atoms with Crippen molar-refractivity contribution in [2.75, 3.05) is 53.8 Å². The number of para-hydroxylation sites is 1. The molecule has 1 fully saturated rings. The first-order chi connectivity index (χ1) is 17.5. The Morgan fingerprint density at radius 3 is 2.25 bits per heavy atom. The summed E-state index contributed by atoms with van der Waals surface area (Å²) in [4.78, 5) is 28.1. The fourth-order valence-corrected chi connectivity index (χ4v) is 3.93. The van der Waals surface area contributed by atoms with Gasteiger partial charge in [0, 0.05) is 35.8 Å². The lowest BCUT2D eigenvalue weighted by molar-refractivity contribution is -0.116. The van der Waals surface area contributed by atoms with Crippen LogP contribution in [0.15, 0.2) is 72.8 Å². The van der Waals surface area contributed by atoms with E-state index in [0.717, 1.165) is 37.7 Å². The van der Waals surface area contributed by atoms with E-state index in [1.165, 1.54) is 0 Å². The van der Waals surface area contributed by atoms with E-state index in [1.54, 1.807) is 37.3 Å². The summed E-state index contributed by atoms with van der Waals surface area (Å²) in [6.45, 7) is 7.43. The van der Waals surface area contributed by atoms with E-state index in [0.29, 0.717) is 29.2 Å². The Balaban J connectivity index is 1.36. The van der Waals surface area contributed by atoms with Crippen molar-refractivity contribution in [2.45, 2.75) is 19.9 Å². The van der Waals surface area contributed by atoms with Gasteiger partial charge in [0.1, 0.15) is 11.8 Å². The number of morpholine rings is 1. The van der Waals surface area contributed by atoms with E-state index in [-0.39, 0.29) is 11.8 Å². The molecule has 36 heavy (non-hydrogen) atoms. The van der Waals surface area contributed by atoms with Crippen LogP contribution in [-0.4, -0.2) is 50.8 Å². The number of hydrogen-bond donors (Lipinski definition) is 3. The maximum absolute atomic E-state index is 13.0. The van der Waals surface area contributed by atoms with Gasteiger partial charge in [0.25, 0.3) is 5.91 Å². The molecular weight excluding hydrogens is 456 g/mol. The third-order valence-corrected chi connectivity index (χ3v) is 5.87. The molecule has 4 rings (SSSR count). The molecule has 1 aliphatic rings. The summed E-state index contributed by atoms with van der Waals surface area (Å²) >= 11 is 0. The topological polar surface area (TPSA) is 91.9 Å². The van der Waals surface area contributed by atoms with Gasteiger partial charge in [-0.05, 0) is 74.5 Å². The highest BCUT2D eigenvalue weighted by Gasteiger charge is 2.18. The van der Waals surface area contributed by atoms with Crippen LogP contribution in [0.25, 0.3) is 0 Å². The third-order valence-electron chi connectivity index (χ3n) is 5.87. The number of anilines is 4. The standard InChI is InChI=1S/C28H32N4O4/c1-3-36-24-14-10-22(11-15-24)31-28(34)25-6-4-5-7-26(25)29-20(2)27(33)30-21-8-12-23(13-9-21)32-16-18-35-19-17-32/h4-15,20,29H,3,16-19H2,1-2H3,(H,30,33)(H,31,34)/t20-/m1/s1. The molecule has 0 saturated carbocycles. The van der Waals surface area contributed by atoms with Crippen molar-refractivity contribution in [1.82, 2.24) is 0 Å². The van der Waals surface area contributed by atoms with E-state index in [4.69, 9.17) is 9.47 Å². The fraction of sp³-hybridized carbons (Fsp3) is 0.286. The molecule has 0 unspecified atom stereocenters. The van der Waals surface area contributed by atoms with Gasteiger partial charge < -0.3 is 30.3 Å². The van der Waals surface area contributed by atoms with E-state index < -0.39 is 6.04 Å². The molecule has 188 valence electrons. The summed E-state index contributed by atoms with van der Waals surface area (Å²) in [6, 6.07) is 21.5. The lowest BCUT2D eigenvalue weighted by atomic mass is 10.1. The number of benzene rings is 3. The van der Waals surface area contributed by atoms with Crippen molar-refractivity contribution < 1.29 is 19.1 Å². The molecule has 1 saturated heterocycles. The van der Waals surface area contributed by atoms with Crippen LogP contribution in [0, 0.1) is 0 Å². The molecule has 8 nitrogen and oxygen atoms in total. The van der Waals surface area contributed by atoms with E-state index in [9.17, 15) is 9.59 Å². The van der Waals surface area contributed by atoms with E-state index >= 15 is 0 Å². The number of amides is 2. The smallest absolute Gasteiger partial charge is 0.257 e. The zero-order valence-electron chi connectivity index (χ0n) is 20.6. The fourth-order valence-electron chi connectivity index (χ4n) is 3.93. The van der Waals surface area contributed by atoms with Gasteiger partial charge in [-0.2, -0.15) is 0 Å². The molecule has 8 heteroatoms. The summed E-state index contributed by atoms with van der Waals surface area (Å²) < 4.78 is 10.8. The zero-order valence-corrected chi connectivity index (χ0v) is 20.6. The number of rotatable bonds is 9. The molecule has 1 aliphatic heterocycles. The predicted octanol–water partition coefficient (Wildman–Crippen LogP) is 4.61. The average Bonchev–Trinajstić information content (AvgIpc) is 2.91. The number of hydrogen-bond acceptors (Lipinski definition) is 6. The second kappa shape index (κ2) is 12.1. The molecule has 3 aromatic rings. The van der Waals surface area contributed by atoms with Gasteiger partial charge in [-0.25, -0.2) is 0 Å². The number of carbonyl (C=O) groups is 2. The summed E-state index contributed by atoms with van der Waals surface area (Å²) in [5.74, 6) is 0.276. The highest BCUT2D eigenvalue weighted by Crippen LogP contribution is 2.22. The highest BCUT2D eigenvalue weighted by molar-refractivity contribution is 6.08. The molecule has 3 aromatic carbocycles. The van der Waals surface area contributed by atoms with Crippen LogP contribution in [0.1, 0.15) is 24.2 Å². The minimum absolute atomic E-state index is 0.198. The quantitative estimate of drug-likeness (QED) is 0.407. The summed E-state index contributed by atoms with van der Waals surface area (Å²) in [7, 11) is 0. The number of ether oxygens (including phenoxy) is 2. The lowest BCUT2D eigenvalue weighted by Crippen LogP contribution is -2.36. The second-order valence-corrected chi connectivity index (χ2v) is 8.46. The monoisotopic (exact) mass is 488 g/mol. The van der Waals surface area contributed by atoms with Crippen LogP contribution < -0.4 is 25.6 Å². The van der Waals surface area contributed by atoms with Crippen LogP contribution in [0.4, 0.5) is 22.7 Å². The number of nitrogens with one attached hydrogen (secondary N) is 3. The SMILES string of the molecule is CCOc1ccc(NC(=O)c2ccccc2N[C@H](C)C(=O)Nc2ccc(N3CCOCC3)cc2)cc1. The lowest BCUT2D eigenvalue weighted by Gasteiger charge is -2.29. The Morgan fingerprint density at radius 1 is 0.917 bits per heavy atom. The van der Waals surface area contributed by atoms with Crippen molar-refractivity contribution in [3.8, 4) is 5.75 Å². The molecular formula is C28H32N4O4. The van der Waals surface area contributed by atoms with Crippen molar-refractivity contribution in [2.24, 2.45) is 0 Å². The second-order valence-electron chi connectivity index (χ2n) is 8.46. The molecule has 0 bridgehead atoms. The maximum Gasteiger partial charge on any atom is 0.257 e. The van der Waals surface area contributed by atoms with E-state index in [1.807, 2.05) is 49.4 Å². The van der Waals surface area contributed by atoms with Crippen molar-refractivity contribution in [3.63, 3.8) is 0 Å². The number of carbonyl (C=O) groups excluding carboxylic acids is 2. The van der Waals surface area contributed by atoms with Gasteiger partial charge in [-0.3, -0.25) is 9.59 Å².